The first-order valence-corrected chi connectivity index (χ1v) is 4.34. The largest absolute Gasteiger partial charge is 0.384 e. The van der Waals surface area contributed by atoms with E-state index in [1.54, 1.807) is 0 Å². The van der Waals surface area contributed by atoms with Crippen LogP contribution in [0.1, 0.15) is 18.1 Å². The van der Waals surface area contributed by atoms with Gasteiger partial charge in [0.25, 0.3) is 0 Å². The van der Waals surface area contributed by atoms with Crippen molar-refractivity contribution in [2.24, 2.45) is 0 Å². The van der Waals surface area contributed by atoms with Crippen molar-refractivity contribution in [3.8, 4) is 0 Å². The van der Waals surface area contributed by atoms with Crippen molar-refractivity contribution in [1.29, 1.82) is 0 Å². The van der Waals surface area contributed by atoms with Crippen LogP contribution in [0.3, 0.4) is 0 Å². The molecular formula is C10H10ClN. The van der Waals surface area contributed by atoms with Crippen LogP contribution >= 0.6 is 11.6 Å². The summed E-state index contributed by atoms with van der Waals surface area (Å²) in [7, 11) is 0. The first-order chi connectivity index (χ1) is 5.75. The van der Waals surface area contributed by atoms with Crippen LogP contribution in [0.5, 0.6) is 0 Å². The average Bonchev–Trinajstić information content (AvgIpc) is 2.05. The SMILES string of the molecule is CC1=Cc2ccc(Cl)cc2CN1. The minimum atomic E-state index is 0.809. The first-order valence-electron chi connectivity index (χ1n) is 3.96. The second-order valence-electron chi connectivity index (χ2n) is 3.02. The Morgan fingerprint density at radius 2 is 2.25 bits per heavy atom. The number of fused-ring (bicyclic) bond motifs is 1. The molecule has 1 aliphatic rings. The van der Waals surface area contributed by atoms with Crippen LogP contribution in [0.4, 0.5) is 0 Å². The number of hydrogen-bond donors (Lipinski definition) is 1. The van der Waals surface area contributed by atoms with Gasteiger partial charge in [0.15, 0.2) is 0 Å². The third-order valence-electron chi connectivity index (χ3n) is 2.03. The van der Waals surface area contributed by atoms with Gasteiger partial charge >= 0.3 is 0 Å². The Hall–Kier alpha value is -0.950. The molecule has 0 spiro atoms. The maximum absolute atomic E-state index is 5.86. The zero-order valence-electron chi connectivity index (χ0n) is 6.89. The summed E-state index contributed by atoms with van der Waals surface area (Å²) < 4.78 is 0. The molecule has 1 heterocycles. The van der Waals surface area contributed by atoms with Gasteiger partial charge in [0.2, 0.25) is 0 Å². The van der Waals surface area contributed by atoms with Crippen LogP contribution in [0.2, 0.25) is 5.02 Å². The van der Waals surface area contributed by atoms with E-state index in [1.165, 1.54) is 16.8 Å². The Morgan fingerprint density at radius 3 is 3.08 bits per heavy atom. The Kier molecular flexibility index (Phi) is 1.81. The van der Waals surface area contributed by atoms with Crippen molar-refractivity contribution in [1.82, 2.24) is 5.32 Å². The topological polar surface area (TPSA) is 12.0 Å². The fourth-order valence-corrected chi connectivity index (χ4v) is 1.58. The fourth-order valence-electron chi connectivity index (χ4n) is 1.39. The molecule has 0 amide bonds. The summed E-state index contributed by atoms with van der Waals surface area (Å²) in [6, 6.07) is 5.99. The van der Waals surface area contributed by atoms with Gasteiger partial charge in [-0.25, -0.2) is 0 Å². The van der Waals surface area contributed by atoms with Crippen molar-refractivity contribution in [3.05, 3.63) is 40.0 Å². The normalized spacial score (nSPS) is 14.7. The van der Waals surface area contributed by atoms with Gasteiger partial charge in [-0.2, -0.15) is 0 Å². The minimum absolute atomic E-state index is 0.809. The number of benzene rings is 1. The zero-order valence-corrected chi connectivity index (χ0v) is 7.65. The summed E-state index contributed by atoms with van der Waals surface area (Å²) in [5.74, 6) is 0. The van der Waals surface area contributed by atoms with E-state index in [1.807, 2.05) is 12.1 Å². The number of hydrogen-bond acceptors (Lipinski definition) is 1. The molecular weight excluding hydrogens is 170 g/mol. The standard InChI is InChI=1S/C10H10ClN/c1-7-4-8-2-3-10(11)5-9(8)6-12-7/h2-5,12H,6H2,1H3. The Labute approximate surface area is 77.0 Å². The maximum atomic E-state index is 5.86. The molecule has 0 aliphatic carbocycles. The summed E-state index contributed by atoms with van der Waals surface area (Å²) >= 11 is 5.86. The van der Waals surface area contributed by atoms with Gasteiger partial charge < -0.3 is 5.32 Å². The van der Waals surface area contributed by atoms with E-state index in [4.69, 9.17) is 11.6 Å². The van der Waals surface area contributed by atoms with E-state index in [0.29, 0.717) is 0 Å². The molecule has 1 aliphatic heterocycles. The van der Waals surface area contributed by atoms with Crippen LogP contribution in [-0.2, 0) is 6.54 Å². The molecule has 1 N–H and O–H groups in total. The number of halogens is 1. The van der Waals surface area contributed by atoms with Crippen molar-refractivity contribution in [3.63, 3.8) is 0 Å². The molecule has 2 heteroatoms. The molecule has 0 bridgehead atoms. The lowest BCUT2D eigenvalue weighted by Gasteiger charge is -2.16. The van der Waals surface area contributed by atoms with E-state index < -0.39 is 0 Å². The highest BCUT2D eigenvalue weighted by Crippen LogP contribution is 2.21. The quantitative estimate of drug-likeness (QED) is 0.646. The van der Waals surface area contributed by atoms with Crippen LogP contribution in [-0.4, -0.2) is 0 Å². The van der Waals surface area contributed by atoms with Crippen LogP contribution in [0.15, 0.2) is 23.9 Å². The molecule has 0 fully saturated rings. The second kappa shape index (κ2) is 2.83. The molecule has 0 aromatic heterocycles. The number of rotatable bonds is 0. The van der Waals surface area contributed by atoms with Crippen LogP contribution < -0.4 is 5.32 Å². The molecule has 12 heavy (non-hydrogen) atoms. The molecule has 62 valence electrons. The Morgan fingerprint density at radius 1 is 1.42 bits per heavy atom. The number of nitrogens with one attached hydrogen (secondary N) is 1. The lowest BCUT2D eigenvalue weighted by atomic mass is 10.0. The highest BCUT2D eigenvalue weighted by Gasteiger charge is 2.06. The number of allylic oxidation sites excluding steroid dienone is 1. The summed E-state index contributed by atoms with van der Waals surface area (Å²) in [6.45, 7) is 2.95. The van der Waals surface area contributed by atoms with Crippen molar-refractivity contribution in [2.75, 3.05) is 0 Å². The highest BCUT2D eigenvalue weighted by molar-refractivity contribution is 6.30. The van der Waals surface area contributed by atoms with Crippen molar-refractivity contribution < 1.29 is 0 Å². The van der Waals surface area contributed by atoms with Crippen LogP contribution in [0.25, 0.3) is 6.08 Å². The highest BCUT2D eigenvalue weighted by atomic mass is 35.5. The summed E-state index contributed by atoms with van der Waals surface area (Å²) in [4.78, 5) is 0. The van der Waals surface area contributed by atoms with E-state index in [2.05, 4.69) is 24.4 Å². The predicted octanol–water partition coefficient (Wildman–Crippen LogP) is 2.80. The van der Waals surface area contributed by atoms with Gasteiger partial charge in [-0.05, 0) is 36.3 Å². The van der Waals surface area contributed by atoms with Gasteiger partial charge in [0, 0.05) is 17.3 Å². The monoisotopic (exact) mass is 179 g/mol. The molecule has 0 atom stereocenters. The third-order valence-corrected chi connectivity index (χ3v) is 2.27. The van der Waals surface area contributed by atoms with E-state index in [9.17, 15) is 0 Å². The van der Waals surface area contributed by atoms with E-state index in [-0.39, 0.29) is 0 Å². The first kappa shape index (κ1) is 7.69. The summed E-state index contributed by atoms with van der Waals surface area (Å²) in [6.07, 6.45) is 2.13. The predicted molar refractivity (Wildman–Crippen MR) is 51.9 cm³/mol. The van der Waals surface area contributed by atoms with Gasteiger partial charge in [-0.15, -0.1) is 0 Å². The fraction of sp³-hybridized carbons (Fsp3) is 0.200. The lowest BCUT2D eigenvalue weighted by molar-refractivity contribution is 0.803. The average molecular weight is 180 g/mol. The van der Waals surface area contributed by atoms with E-state index in [0.717, 1.165) is 11.6 Å². The lowest BCUT2D eigenvalue weighted by Crippen LogP contribution is -2.15. The molecule has 0 unspecified atom stereocenters. The Bertz CT molecular complexity index is 342. The second-order valence-corrected chi connectivity index (χ2v) is 3.46. The Balaban J connectivity index is 2.51. The molecule has 0 saturated heterocycles. The van der Waals surface area contributed by atoms with E-state index >= 15 is 0 Å². The molecule has 1 aromatic rings. The van der Waals surface area contributed by atoms with Gasteiger partial charge in [-0.1, -0.05) is 17.7 Å². The molecule has 1 nitrogen and oxygen atoms in total. The third kappa shape index (κ3) is 1.32. The molecule has 1 aromatic carbocycles. The minimum Gasteiger partial charge on any atom is -0.384 e. The van der Waals surface area contributed by atoms with Crippen molar-refractivity contribution in [2.45, 2.75) is 13.5 Å². The molecule has 0 radical (unpaired) electrons. The molecule has 0 saturated carbocycles. The van der Waals surface area contributed by atoms with Crippen molar-refractivity contribution >= 4 is 17.7 Å². The van der Waals surface area contributed by atoms with Gasteiger partial charge in [0.1, 0.15) is 0 Å². The van der Waals surface area contributed by atoms with Gasteiger partial charge in [0.05, 0.1) is 0 Å². The maximum Gasteiger partial charge on any atom is 0.0409 e. The zero-order chi connectivity index (χ0) is 8.55. The molecule has 2 rings (SSSR count). The van der Waals surface area contributed by atoms with Gasteiger partial charge in [-0.3, -0.25) is 0 Å². The summed E-state index contributed by atoms with van der Waals surface area (Å²) in [5.41, 5.74) is 3.76. The summed E-state index contributed by atoms with van der Waals surface area (Å²) in [5, 5.41) is 4.08. The smallest absolute Gasteiger partial charge is 0.0409 e. The van der Waals surface area contributed by atoms with Crippen LogP contribution in [0, 0.1) is 0 Å².